The lowest BCUT2D eigenvalue weighted by Gasteiger charge is -1.72. The van der Waals surface area contributed by atoms with E-state index in [0.717, 1.165) is 0 Å². The van der Waals surface area contributed by atoms with Gasteiger partial charge in [0.15, 0.2) is 5.29 Å². The van der Waals surface area contributed by atoms with Gasteiger partial charge in [-0.25, -0.2) is 0 Å². The predicted octanol–water partition coefficient (Wildman–Crippen LogP) is 2.26. The molecule has 0 saturated carbocycles. The summed E-state index contributed by atoms with van der Waals surface area (Å²) in [5.74, 6) is 0. The van der Waals surface area contributed by atoms with E-state index in [1.807, 2.05) is 0 Å². The molecule has 2 heteroatoms. The van der Waals surface area contributed by atoms with Crippen LogP contribution < -0.4 is 0 Å². The maximum absolute atomic E-state index is 11.3. The first kappa shape index (κ1) is 5.96. The minimum absolute atomic E-state index is 0.412. The minimum Gasteiger partial charge on any atom is -0.194 e. The Morgan fingerprint density at radius 3 is 2.50 bits per heavy atom. The molecular formula is C4H5ClF. The summed E-state index contributed by atoms with van der Waals surface area (Å²) in [6.45, 7) is 3.32. The first-order valence-corrected chi connectivity index (χ1v) is 1.95. The second-order valence-electron chi connectivity index (χ2n) is 0.782. The van der Waals surface area contributed by atoms with E-state index in [0.29, 0.717) is 6.42 Å². The molecule has 0 N–H and O–H groups in total. The van der Waals surface area contributed by atoms with Gasteiger partial charge in [0.05, 0.1) is 0 Å². The van der Waals surface area contributed by atoms with Crippen LogP contribution in [0.25, 0.3) is 0 Å². The third-order valence-corrected chi connectivity index (χ3v) is 0.453. The molecule has 0 aromatic heterocycles. The highest BCUT2D eigenvalue weighted by molar-refractivity contribution is 6.28. The zero-order chi connectivity index (χ0) is 4.99. The number of rotatable bonds is 1. The third-order valence-electron chi connectivity index (χ3n) is 0.299. The van der Waals surface area contributed by atoms with Crippen LogP contribution in [0.1, 0.15) is 6.42 Å². The Hall–Kier alpha value is -0.0400. The summed E-state index contributed by atoms with van der Waals surface area (Å²) in [5, 5.41) is -0.676. The topological polar surface area (TPSA) is 0 Å². The number of hydrogen-bond donors (Lipinski definition) is 0. The fourth-order valence-corrected chi connectivity index (χ4v) is 0.218. The zero-order valence-corrected chi connectivity index (χ0v) is 4.00. The van der Waals surface area contributed by atoms with Crippen molar-refractivity contribution in [2.45, 2.75) is 6.42 Å². The van der Waals surface area contributed by atoms with Crippen LogP contribution in [0.3, 0.4) is 0 Å². The normalized spacial score (nSPS) is 12.2. The van der Waals surface area contributed by atoms with E-state index in [1.165, 1.54) is 6.08 Å². The maximum atomic E-state index is 11.3. The fourth-order valence-electron chi connectivity index (χ4n) is 0.109. The van der Waals surface area contributed by atoms with E-state index in [-0.39, 0.29) is 0 Å². The summed E-state index contributed by atoms with van der Waals surface area (Å²) in [5.41, 5.74) is 0. The molecule has 0 rings (SSSR count). The molecule has 0 aromatic rings. The van der Waals surface area contributed by atoms with Gasteiger partial charge in [0.1, 0.15) is 0 Å². The van der Waals surface area contributed by atoms with Crippen molar-refractivity contribution in [3.8, 4) is 0 Å². The smallest absolute Gasteiger partial charge is 0.185 e. The van der Waals surface area contributed by atoms with E-state index in [9.17, 15) is 4.39 Å². The largest absolute Gasteiger partial charge is 0.194 e. The van der Waals surface area contributed by atoms with Crippen LogP contribution in [0.5, 0.6) is 0 Å². The maximum Gasteiger partial charge on any atom is 0.185 e. The van der Waals surface area contributed by atoms with Gasteiger partial charge in [0.25, 0.3) is 0 Å². The Labute approximate surface area is 41.6 Å². The molecule has 0 nitrogen and oxygen atoms in total. The molecule has 0 heterocycles. The molecule has 0 unspecified atom stereocenters. The van der Waals surface area contributed by atoms with Crippen molar-refractivity contribution >= 4 is 11.6 Å². The van der Waals surface area contributed by atoms with Gasteiger partial charge in [0, 0.05) is 0 Å². The Bertz CT molecular complexity index is 54.6. The average molecular weight is 108 g/mol. The van der Waals surface area contributed by atoms with Crippen LogP contribution in [0.4, 0.5) is 4.39 Å². The molecule has 0 fully saturated rings. The number of hydrogen-bond acceptors (Lipinski definition) is 0. The molecule has 0 aliphatic heterocycles. The Kier molecular flexibility index (Phi) is 3.14. The molecule has 6 heavy (non-hydrogen) atoms. The molecule has 0 aromatic carbocycles. The fraction of sp³-hybridized carbons (Fsp3) is 0.250. The molecule has 0 aliphatic rings. The van der Waals surface area contributed by atoms with Crippen molar-refractivity contribution in [1.29, 1.82) is 0 Å². The van der Waals surface area contributed by atoms with Gasteiger partial charge >= 0.3 is 0 Å². The molecule has 1 radical (unpaired) electrons. The van der Waals surface area contributed by atoms with Gasteiger partial charge in [-0.3, -0.25) is 0 Å². The van der Waals surface area contributed by atoms with E-state index in [4.69, 9.17) is 11.6 Å². The average Bonchev–Trinajstić information content (AvgIpc) is 1.35. The van der Waals surface area contributed by atoms with Gasteiger partial charge in [-0.05, 0) is 19.4 Å². The molecular weight excluding hydrogens is 102 g/mol. The predicted molar refractivity (Wildman–Crippen MR) is 25.0 cm³/mol. The summed E-state index contributed by atoms with van der Waals surface area (Å²) < 4.78 is 11.3. The van der Waals surface area contributed by atoms with Crippen molar-refractivity contribution in [2.24, 2.45) is 0 Å². The quantitative estimate of drug-likeness (QED) is 0.482. The Morgan fingerprint density at radius 1 is 2.00 bits per heavy atom. The number of allylic oxidation sites excluding steroid dienone is 1. The summed E-state index contributed by atoms with van der Waals surface area (Å²) >= 11 is 4.73. The summed E-state index contributed by atoms with van der Waals surface area (Å²) in [7, 11) is 0. The van der Waals surface area contributed by atoms with E-state index in [2.05, 4.69) is 6.92 Å². The van der Waals surface area contributed by atoms with Crippen molar-refractivity contribution in [2.75, 3.05) is 0 Å². The highest BCUT2D eigenvalue weighted by Gasteiger charge is 1.76. The van der Waals surface area contributed by atoms with E-state index >= 15 is 0 Å². The molecule has 0 saturated heterocycles. The van der Waals surface area contributed by atoms with Gasteiger partial charge < -0.3 is 0 Å². The Balaban J connectivity index is 3.14. The van der Waals surface area contributed by atoms with Gasteiger partial charge in [-0.1, -0.05) is 11.6 Å². The van der Waals surface area contributed by atoms with Gasteiger partial charge in [-0.2, -0.15) is 4.39 Å². The van der Waals surface area contributed by atoms with Crippen LogP contribution in [-0.2, 0) is 0 Å². The molecule has 0 bridgehead atoms. The summed E-state index contributed by atoms with van der Waals surface area (Å²) in [6, 6.07) is 0. The number of halogens is 2. The van der Waals surface area contributed by atoms with E-state index in [1.54, 1.807) is 0 Å². The van der Waals surface area contributed by atoms with Crippen molar-refractivity contribution in [1.82, 2.24) is 0 Å². The lowest BCUT2D eigenvalue weighted by molar-refractivity contribution is 0.690. The Morgan fingerprint density at radius 2 is 2.50 bits per heavy atom. The highest BCUT2D eigenvalue weighted by Crippen LogP contribution is 2.01. The van der Waals surface area contributed by atoms with Gasteiger partial charge in [-0.15, -0.1) is 0 Å². The molecule has 35 valence electrons. The SMILES string of the molecule is [CH2]C/C=C(\F)Cl. The van der Waals surface area contributed by atoms with Gasteiger partial charge in [0.2, 0.25) is 0 Å². The molecule has 0 spiro atoms. The zero-order valence-electron chi connectivity index (χ0n) is 3.25. The second kappa shape index (κ2) is 3.16. The lowest BCUT2D eigenvalue weighted by Crippen LogP contribution is -1.52. The standard InChI is InChI=1S/C4H5ClF/c1-2-3-4(5)6/h3H,1-2H2/b4-3-. The first-order valence-electron chi connectivity index (χ1n) is 1.57. The van der Waals surface area contributed by atoms with Crippen molar-refractivity contribution in [3.63, 3.8) is 0 Å². The van der Waals surface area contributed by atoms with Crippen LogP contribution in [0.15, 0.2) is 11.4 Å². The van der Waals surface area contributed by atoms with E-state index < -0.39 is 5.29 Å². The molecule has 0 atom stereocenters. The molecule has 0 aliphatic carbocycles. The van der Waals surface area contributed by atoms with Crippen molar-refractivity contribution in [3.05, 3.63) is 18.3 Å². The minimum atomic E-state index is -0.676. The van der Waals surface area contributed by atoms with Crippen molar-refractivity contribution < 1.29 is 4.39 Å². The highest BCUT2D eigenvalue weighted by atomic mass is 35.5. The lowest BCUT2D eigenvalue weighted by atomic mass is 10.5. The molecule has 0 amide bonds. The van der Waals surface area contributed by atoms with Crippen LogP contribution in [0.2, 0.25) is 0 Å². The van der Waals surface area contributed by atoms with Crippen LogP contribution in [0, 0.1) is 6.92 Å². The summed E-state index contributed by atoms with van der Waals surface area (Å²) in [6.07, 6.45) is 1.61. The first-order chi connectivity index (χ1) is 2.77. The van der Waals surface area contributed by atoms with Crippen LogP contribution in [-0.4, -0.2) is 0 Å². The monoisotopic (exact) mass is 107 g/mol. The second-order valence-corrected chi connectivity index (χ2v) is 1.14. The summed E-state index contributed by atoms with van der Waals surface area (Å²) in [4.78, 5) is 0. The third kappa shape index (κ3) is 3.96. The van der Waals surface area contributed by atoms with Crippen LogP contribution >= 0.6 is 11.6 Å².